The SMILES string of the molecule is CCOC(=O)C1CNCC1c1c(C)nn(C)c1OC. The fourth-order valence-corrected chi connectivity index (χ4v) is 2.80. The number of carbonyl (C=O) groups excluding carboxylic acids is 1. The van der Waals surface area contributed by atoms with E-state index in [0.29, 0.717) is 13.2 Å². The highest BCUT2D eigenvalue weighted by atomic mass is 16.5. The Morgan fingerprint density at radius 1 is 1.53 bits per heavy atom. The summed E-state index contributed by atoms with van der Waals surface area (Å²) >= 11 is 0. The number of aryl methyl sites for hydroxylation is 2. The zero-order valence-electron chi connectivity index (χ0n) is 11.9. The molecule has 2 heterocycles. The number of nitrogens with one attached hydrogen (secondary N) is 1. The molecule has 1 aromatic heterocycles. The summed E-state index contributed by atoms with van der Waals surface area (Å²) in [6.07, 6.45) is 0. The van der Waals surface area contributed by atoms with E-state index in [9.17, 15) is 4.79 Å². The Labute approximate surface area is 113 Å². The van der Waals surface area contributed by atoms with Crippen molar-refractivity contribution in [2.24, 2.45) is 13.0 Å². The maximum Gasteiger partial charge on any atom is 0.310 e. The molecule has 0 bridgehead atoms. The Morgan fingerprint density at radius 2 is 2.26 bits per heavy atom. The van der Waals surface area contributed by atoms with Crippen LogP contribution in [0.15, 0.2) is 0 Å². The van der Waals surface area contributed by atoms with Crippen LogP contribution in [-0.4, -0.2) is 42.6 Å². The van der Waals surface area contributed by atoms with E-state index in [0.717, 1.165) is 23.7 Å². The zero-order chi connectivity index (χ0) is 14.0. The molecule has 106 valence electrons. The van der Waals surface area contributed by atoms with Gasteiger partial charge in [0, 0.05) is 31.6 Å². The average Bonchev–Trinajstić information content (AvgIpc) is 2.93. The van der Waals surface area contributed by atoms with E-state index in [1.165, 1.54) is 0 Å². The van der Waals surface area contributed by atoms with Crippen LogP contribution in [0.1, 0.15) is 24.1 Å². The monoisotopic (exact) mass is 267 g/mol. The second-order valence-electron chi connectivity index (χ2n) is 4.76. The molecule has 2 rings (SSSR count). The first-order valence-corrected chi connectivity index (χ1v) is 6.55. The fourth-order valence-electron chi connectivity index (χ4n) is 2.80. The van der Waals surface area contributed by atoms with Crippen LogP contribution >= 0.6 is 0 Å². The molecule has 0 aliphatic carbocycles. The van der Waals surface area contributed by atoms with Gasteiger partial charge in [-0.25, -0.2) is 4.68 Å². The van der Waals surface area contributed by atoms with Crippen molar-refractivity contribution in [3.05, 3.63) is 11.3 Å². The predicted molar refractivity (Wildman–Crippen MR) is 70.2 cm³/mol. The van der Waals surface area contributed by atoms with Gasteiger partial charge in [0.1, 0.15) is 0 Å². The summed E-state index contributed by atoms with van der Waals surface area (Å²) in [5.74, 6) is 0.461. The minimum Gasteiger partial charge on any atom is -0.481 e. The third-order valence-corrected chi connectivity index (χ3v) is 3.58. The smallest absolute Gasteiger partial charge is 0.310 e. The van der Waals surface area contributed by atoms with Crippen molar-refractivity contribution in [1.82, 2.24) is 15.1 Å². The molecule has 2 atom stereocenters. The van der Waals surface area contributed by atoms with E-state index in [1.54, 1.807) is 11.8 Å². The van der Waals surface area contributed by atoms with Crippen molar-refractivity contribution >= 4 is 5.97 Å². The topological polar surface area (TPSA) is 65.4 Å². The maximum atomic E-state index is 12.0. The molecule has 2 unspecified atom stereocenters. The molecule has 0 saturated carbocycles. The van der Waals surface area contributed by atoms with Gasteiger partial charge in [-0.1, -0.05) is 0 Å². The van der Waals surface area contributed by atoms with Crippen molar-refractivity contribution < 1.29 is 14.3 Å². The summed E-state index contributed by atoms with van der Waals surface area (Å²) in [4.78, 5) is 12.0. The summed E-state index contributed by atoms with van der Waals surface area (Å²) in [5.41, 5.74) is 1.91. The van der Waals surface area contributed by atoms with Crippen LogP contribution in [0.4, 0.5) is 0 Å². The van der Waals surface area contributed by atoms with Gasteiger partial charge in [0.25, 0.3) is 0 Å². The number of methoxy groups -OCH3 is 1. The Morgan fingerprint density at radius 3 is 2.89 bits per heavy atom. The number of carbonyl (C=O) groups is 1. The average molecular weight is 267 g/mol. The first-order chi connectivity index (χ1) is 9.10. The fraction of sp³-hybridized carbons (Fsp3) is 0.692. The minimum atomic E-state index is -0.170. The largest absolute Gasteiger partial charge is 0.481 e. The zero-order valence-corrected chi connectivity index (χ0v) is 11.9. The molecule has 1 N–H and O–H groups in total. The highest BCUT2D eigenvalue weighted by Gasteiger charge is 2.38. The molecular weight excluding hydrogens is 246 g/mol. The standard InChI is InChI=1S/C13H21N3O3/c1-5-19-13(17)10-7-14-6-9(10)11-8(2)15-16(3)12(11)18-4/h9-10,14H,5-7H2,1-4H3. The maximum absolute atomic E-state index is 12.0. The molecule has 0 radical (unpaired) electrons. The van der Waals surface area contributed by atoms with Crippen molar-refractivity contribution in [2.45, 2.75) is 19.8 Å². The molecule has 0 aromatic carbocycles. The Bertz CT molecular complexity index is 470. The van der Waals surface area contributed by atoms with Crippen LogP contribution in [0.5, 0.6) is 5.88 Å². The van der Waals surface area contributed by atoms with Crippen LogP contribution in [-0.2, 0) is 16.6 Å². The van der Waals surface area contributed by atoms with E-state index in [4.69, 9.17) is 9.47 Å². The quantitative estimate of drug-likeness (QED) is 0.809. The van der Waals surface area contributed by atoms with E-state index in [-0.39, 0.29) is 17.8 Å². The van der Waals surface area contributed by atoms with E-state index in [1.807, 2.05) is 20.9 Å². The second kappa shape index (κ2) is 5.61. The lowest BCUT2D eigenvalue weighted by molar-refractivity contribution is -0.147. The van der Waals surface area contributed by atoms with Crippen molar-refractivity contribution in [3.8, 4) is 5.88 Å². The van der Waals surface area contributed by atoms with Gasteiger partial charge in [-0.2, -0.15) is 5.10 Å². The molecular formula is C13H21N3O3. The lowest BCUT2D eigenvalue weighted by Crippen LogP contribution is -2.24. The number of aromatic nitrogens is 2. The van der Waals surface area contributed by atoms with Crippen LogP contribution < -0.4 is 10.1 Å². The summed E-state index contributed by atoms with van der Waals surface area (Å²) in [6, 6.07) is 0. The first-order valence-electron chi connectivity index (χ1n) is 6.55. The van der Waals surface area contributed by atoms with Gasteiger partial charge in [-0.05, 0) is 13.8 Å². The highest BCUT2D eigenvalue weighted by molar-refractivity contribution is 5.75. The van der Waals surface area contributed by atoms with Crippen LogP contribution in [0, 0.1) is 12.8 Å². The number of hydrogen-bond donors (Lipinski definition) is 1. The Hall–Kier alpha value is -1.56. The summed E-state index contributed by atoms with van der Waals surface area (Å²) < 4.78 is 12.3. The molecule has 19 heavy (non-hydrogen) atoms. The Balaban J connectivity index is 2.32. The van der Waals surface area contributed by atoms with Gasteiger partial charge in [0.2, 0.25) is 5.88 Å². The molecule has 6 nitrogen and oxygen atoms in total. The van der Waals surface area contributed by atoms with Crippen LogP contribution in [0.2, 0.25) is 0 Å². The predicted octanol–water partition coefficient (Wildman–Crippen LogP) is 0.603. The van der Waals surface area contributed by atoms with Crippen LogP contribution in [0.25, 0.3) is 0 Å². The van der Waals surface area contributed by atoms with Crippen molar-refractivity contribution in [3.63, 3.8) is 0 Å². The van der Waals surface area contributed by atoms with Crippen molar-refractivity contribution in [1.29, 1.82) is 0 Å². The molecule has 1 fully saturated rings. The van der Waals surface area contributed by atoms with Gasteiger partial charge in [-0.3, -0.25) is 4.79 Å². The molecule has 1 saturated heterocycles. The van der Waals surface area contributed by atoms with Gasteiger partial charge >= 0.3 is 5.97 Å². The molecule has 1 aliphatic heterocycles. The van der Waals surface area contributed by atoms with Gasteiger partial charge in [-0.15, -0.1) is 0 Å². The number of esters is 1. The van der Waals surface area contributed by atoms with E-state index < -0.39 is 0 Å². The normalized spacial score (nSPS) is 22.5. The van der Waals surface area contributed by atoms with Crippen molar-refractivity contribution in [2.75, 3.05) is 26.8 Å². The summed E-state index contributed by atoms with van der Waals surface area (Å²) in [7, 11) is 3.47. The molecule has 0 spiro atoms. The third-order valence-electron chi connectivity index (χ3n) is 3.58. The molecule has 1 aromatic rings. The second-order valence-corrected chi connectivity index (χ2v) is 4.76. The number of hydrogen-bond acceptors (Lipinski definition) is 5. The number of ether oxygens (including phenoxy) is 2. The number of rotatable bonds is 4. The molecule has 0 amide bonds. The van der Waals surface area contributed by atoms with E-state index >= 15 is 0 Å². The number of nitrogens with zero attached hydrogens (tertiary/aromatic N) is 2. The lowest BCUT2D eigenvalue weighted by Gasteiger charge is -2.18. The molecule has 1 aliphatic rings. The Kier molecular flexibility index (Phi) is 4.09. The summed E-state index contributed by atoms with van der Waals surface area (Å²) in [5, 5.41) is 7.63. The minimum absolute atomic E-state index is 0.0581. The van der Waals surface area contributed by atoms with Gasteiger partial charge in [0.05, 0.1) is 25.3 Å². The van der Waals surface area contributed by atoms with E-state index in [2.05, 4.69) is 10.4 Å². The third kappa shape index (κ3) is 2.45. The van der Waals surface area contributed by atoms with Gasteiger partial charge in [0.15, 0.2) is 0 Å². The lowest BCUT2D eigenvalue weighted by atomic mass is 9.89. The highest BCUT2D eigenvalue weighted by Crippen LogP contribution is 2.36. The van der Waals surface area contributed by atoms with Crippen LogP contribution in [0.3, 0.4) is 0 Å². The first kappa shape index (κ1) is 13.9. The van der Waals surface area contributed by atoms with Gasteiger partial charge < -0.3 is 14.8 Å². The summed E-state index contributed by atoms with van der Waals surface area (Å²) in [6.45, 7) is 5.56. The molecule has 6 heteroatoms.